The standard InChI is InChI=1S/C25H23ClFN3O5/c1-14(31)18-12-29(20-6-3-2-5-17(18)20)13-22(32)30-8-4-7-21(30)24(33)28-11-16-9-15(25(34)35)10-19(26)23(16)27/h2-3,5-6,9-10,12,21H,4,7-8,11,13H2,1H3,(H,28,33)(H,34,35)/t21-/m0/s1. The second kappa shape index (κ2) is 9.87. The van der Waals surface area contributed by atoms with Gasteiger partial charge in [0.25, 0.3) is 0 Å². The summed E-state index contributed by atoms with van der Waals surface area (Å²) in [6, 6.07) is 8.68. The van der Waals surface area contributed by atoms with Gasteiger partial charge in [0.15, 0.2) is 5.78 Å². The van der Waals surface area contributed by atoms with Gasteiger partial charge in [0.05, 0.1) is 10.6 Å². The van der Waals surface area contributed by atoms with Crippen molar-refractivity contribution in [2.45, 2.75) is 38.9 Å². The number of para-hydroxylation sites is 1. The largest absolute Gasteiger partial charge is 0.478 e. The van der Waals surface area contributed by atoms with E-state index in [0.29, 0.717) is 24.9 Å². The summed E-state index contributed by atoms with van der Waals surface area (Å²) in [5.41, 5.74) is 1.02. The molecule has 3 aromatic rings. The van der Waals surface area contributed by atoms with Gasteiger partial charge in [-0.3, -0.25) is 14.4 Å². The van der Waals surface area contributed by atoms with Gasteiger partial charge in [-0.05, 0) is 38.0 Å². The zero-order valence-electron chi connectivity index (χ0n) is 18.9. The summed E-state index contributed by atoms with van der Waals surface area (Å²) >= 11 is 5.78. The minimum absolute atomic E-state index is 0.0392. The zero-order chi connectivity index (χ0) is 25.3. The van der Waals surface area contributed by atoms with Crippen LogP contribution >= 0.6 is 11.6 Å². The zero-order valence-corrected chi connectivity index (χ0v) is 19.6. The minimum Gasteiger partial charge on any atom is -0.478 e. The molecule has 2 amide bonds. The number of hydrogen-bond donors (Lipinski definition) is 2. The van der Waals surface area contributed by atoms with E-state index < -0.39 is 23.7 Å². The van der Waals surface area contributed by atoms with Gasteiger partial charge in [0.1, 0.15) is 18.4 Å². The average molecular weight is 500 g/mol. The molecule has 4 rings (SSSR count). The summed E-state index contributed by atoms with van der Waals surface area (Å²) in [7, 11) is 0. The number of amides is 2. The van der Waals surface area contributed by atoms with Crippen molar-refractivity contribution in [3.05, 3.63) is 70.1 Å². The van der Waals surface area contributed by atoms with Crippen molar-refractivity contribution in [1.29, 1.82) is 0 Å². The molecule has 0 saturated carbocycles. The van der Waals surface area contributed by atoms with Gasteiger partial charge in [-0.25, -0.2) is 9.18 Å². The minimum atomic E-state index is -1.27. The molecule has 0 radical (unpaired) electrons. The van der Waals surface area contributed by atoms with Crippen LogP contribution < -0.4 is 5.32 Å². The number of carbonyl (C=O) groups is 4. The highest BCUT2D eigenvalue weighted by molar-refractivity contribution is 6.31. The molecule has 2 heterocycles. The van der Waals surface area contributed by atoms with Crippen LogP contribution in [0.15, 0.2) is 42.6 Å². The number of rotatable bonds is 7. The lowest BCUT2D eigenvalue weighted by Crippen LogP contribution is -2.46. The SMILES string of the molecule is CC(=O)c1cn(CC(=O)N2CCC[C@H]2C(=O)NCc2cc(C(=O)O)cc(Cl)c2F)c2ccccc12. The Hall–Kier alpha value is -3.72. The third kappa shape index (κ3) is 4.90. The Morgan fingerprint density at radius 2 is 1.94 bits per heavy atom. The smallest absolute Gasteiger partial charge is 0.335 e. The first-order valence-corrected chi connectivity index (χ1v) is 11.4. The number of hydrogen-bond acceptors (Lipinski definition) is 4. The predicted octanol–water partition coefficient (Wildman–Crippen LogP) is 3.64. The van der Waals surface area contributed by atoms with Crippen molar-refractivity contribution < 1.29 is 28.7 Å². The third-order valence-corrected chi connectivity index (χ3v) is 6.43. The number of carboxylic acid groups (broad SMARTS) is 1. The number of nitrogens with zero attached hydrogens (tertiary/aromatic N) is 2. The molecule has 0 spiro atoms. The third-order valence-electron chi connectivity index (χ3n) is 6.15. The molecular weight excluding hydrogens is 477 g/mol. The molecular formula is C25H23ClFN3O5. The van der Waals surface area contributed by atoms with Crippen LogP contribution in [0.5, 0.6) is 0 Å². The van der Waals surface area contributed by atoms with E-state index in [9.17, 15) is 23.6 Å². The normalized spacial score (nSPS) is 15.4. The van der Waals surface area contributed by atoms with Crippen LogP contribution in [0.2, 0.25) is 5.02 Å². The summed E-state index contributed by atoms with van der Waals surface area (Å²) in [6.07, 6.45) is 2.72. The molecule has 0 unspecified atom stereocenters. The molecule has 1 saturated heterocycles. The van der Waals surface area contributed by atoms with Crippen LogP contribution in [0.1, 0.15) is 46.0 Å². The van der Waals surface area contributed by atoms with Crippen LogP contribution in [0.25, 0.3) is 10.9 Å². The number of aromatic carboxylic acids is 1. The Balaban J connectivity index is 1.48. The second-order valence-corrected chi connectivity index (χ2v) is 8.85. The fourth-order valence-corrected chi connectivity index (χ4v) is 4.67. The van der Waals surface area contributed by atoms with E-state index in [1.807, 2.05) is 24.3 Å². The Labute approximate surface area is 205 Å². The van der Waals surface area contributed by atoms with Gasteiger partial charge < -0.3 is 19.9 Å². The number of Topliss-reactive ketones (excluding diaryl/α,β-unsaturated/α-hetero) is 1. The molecule has 1 aromatic heterocycles. The van der Waals surface area contributed by atoms with Gasteiger partial charge in [0, 0.05) is 41.3 Å². The van der Waals surface area contributed by atoms with Gasteiger partial charge in [-0.1, -0.05) is 29.8 Å². The molecule has 35 heavy (non-hydrogen) atoms. The van der Waals surface area contributed by atoms with E-state index in [1.54, 1.807) is 10.8 Å². The van der Waals surface area contributed by atoms with Crippen LogP contribution in [-0.4, -0.2) is 50.7 Å². The van der Waals surface area contributed by atoms with Gasteiger partial charge in [-0.15, -0.1) is 0 Å². The number of halogens is 2. The van der Waals surface area contributed by atoms with Crippen LogP contribution in [0, 0.1) is 5.82 Å². The van der Waals surface area contributed by atoms with Crippen molar-refractivity contribution in [2.75, 3.05) is 6.54 Å². The van der Waals surface area contributed by atoms with E-state index in [1.165, 1.54) is 11.8 Å². The second-order valence-electron chi connectivity index (χ2n) is 8.44. The highest BCUT2D eigenvalue weighted by atomic mass is 35.5. The molecule has 1 atom stereocenters. The van der Waals surface area contributed by atoms with E-state index in [-0.39, 0.29) is 40.9 Å². The Morgan fingerprint density at radius 3 is 2.66 bits per heavy atom. The van der Waals surface area contributed by atoms with Crippen molar-refractivity contribution in [2.24, 2.45) is 0 Å². The summed E-state index contributed by atoms with van der Waals surface area (Å²) < 4.78 is 16.0. The van der Waals surface area contributed by atoms with Crippen LogP contribution in [-0.2, 0) is 22.7 Å². The van der Waals surface area contributed by atoms with Crippen molar-refractivity contribution in [3.8, 4) is 0 Å². The number of nitrogens with one attached hydrogen (secondary N) is 1. The van der Waals surface area contributed by atoms with E-state index in [2.05, 4.69) is 5.32 Å². The number of benzene rings is 2. The van der Waals surface area contributed by atoms with Crippen molar-refractivity contribution in [1.82, 2.24) is 14.8 Å². The molecule has 8 nitrogen and oxygen atoms in total. The fourth-order valence-electron chi connectivity index (χ4n) is 4.43. The van der Waals surface area contributed by atoms with Crippen molar-refractivity contribution in [3.63, 3.8) is 0 Å². The topological polar surface area (TPSA) is 109 Å². The molecule has 2 N–H and O–H groups in total. The number of carboxylic acids is 1. The molecule has 0 bridgehead atoms. The molecule has 0 aliphatic carbocycles. The summed E-state index contributed by atoms with van der Waals surface area (Å²) in [5.74, 6) is -2.92. The molecule has 182 valence electrons. The first-order valence-electron chi connectivity index (χ1n) is 11.0. The van der Waals surface area contributed by atoms with Gasteiger partial charge in [0.2, 0.25) is 11.8 Å². The Morgan fingerprint density at radius 1 is 1.20 bits per heavy atom. The highest BCUT2D eigenvalue weighted by Gasteiger charge is 2.34. The number of ketones is 1. The quantitative estimate of drug-likeness (QED) is 0.482. The van der Waals surface area contributed by atoms with Gasteiger partial charge in [-0.2, -0.15) is 0 Å². The molecule has 1 aliphatic rings. The molecule has 1 aliphatic heterocycles. The van der Waals surface area contributed by atoms with E-state index in [0.717, 1.165) is 23.0 Å². The maximum absolute atomic E-state index is 14.3. The first-order chi connectivity index (χ1) is 16.7. The summed E-state index contributed by atoms with van der Waals surface area (Å²) in [5, 5.41) is 12.2. The number of carbonyl (C=O) groups excluding carboxylic acids is 3. The van der Waals surface area contributed by atoms with E-state index >= 15 is 0 Å². The molecule has 10 heteroatoms. The average Bonchev–Trinajstić information content (AvgIpc) is 3.45. The Bertz CT molecular complexity index is 1350. The lowest BCUT2D eigenvalue weighted by atomic mass is 10.1. The summed E-state index contributed by atoms with van der Waals surface area (Å²) in [6.45, 7) is 1.55. The fraction of sp³-hybridized carbons (Fsp3) is 0.280. The van der Waals surface area contributed by atoms with E-state index in [4.69, 9.17) is 16.7 Å². The Kier molecular flexibility index (Phi) is 6.88. The maximum atomic E-state index is 14.3. The predicted molar refractivity (Wildman–Crippen MR) is 127 cm³/mol. The van der Waals surface area contributed by atoms with Crippen LogP contribution in [0.3, 0.4) is 0 Å². The van der Waals surface area contributed by atoms with Crippen LogP contribution in [0.4, 0.5) is 4.39 Å². The molecule has 1 fully saturated rings. The number of aromatic nitrogens is 1. The lowest BCUT2D eigenvalue weighted by Gasteiger charge is -2.24. The molecule has 2 aromatic carbocycles. The number of fused-ring (bicyclic) bond motifs is 1. The summed E-state index contributed by atoms with van der Waals surface area (Å²) in [4.78, 5) is 50.7. The lowest BCUT2D eigenvalue weighted by molar-refractivity contribution is -0.138. The first kappa shape index (κ1) is 24.4. The monoisotopic (exact) mass is 499 g/mol. The number of likely N-dealkylation sites (tertiary alicyclic amines) is 1. The van der Waals surface area contributed by atoms with Gasteiger partial charge >= 0.3 is 5.97 Å². The van der Waals surface area contributed by atoms with Crippen molar-refractivity contribution >= 4 is 46.1 Å². The highest BCUT2D eigenvalue weighted by Crippen LogP contribution is 2.24. The maximum Gasteiger partial charge on any atom is 0.335 e.